The lowest BCUT2D eigenvalue weighted by Gasteiger charge is -2.23. The van der Waals surface area contributed by atoms with Crippen LogP contribution in [0.3, 0.4) is 0 Å². The van der Waals surface area contributed by atoms with E-state index in [1.165, 1.54) is 0 Å². The summed E-state index contributed by atoms with van der Waals surface area (Å²) in [5.74, 6) is -0.209. The van der Waals surface area contributed by atoms with Crippen LogP contribution in [0.1, 0.15) is 36.0 Å². The van der Waals surface area contributed by atoms with E-state index in [9.17, 15) is 19.5 Å². The SMILES string of the molecule is O=C1CCSc2ccc(C(=O)N3C[C@@H]4CCC[C@@]4(C(=O)O)C3)cc2N1. The molecule has 1 aromatic rings. The summed E-state index contributed by atoms with van der Waals surface area (Å²) in [4.78, 5) is 39.1. The third kappa shape index (κ3) is 2.70. The normalized spacial score (nSPS) is 28.1. The van der Waals surface area contributed by atoms with Crippen LogP contribution in [0.25, 0.3) is 0 Å². The molecule has 1 saturated carbocycles. The van der Waals surface area contributed by atoms with Gasteiger partial charge in [-0.15, -0.1) is 11.8 Å². The minimum atomic E-state index is -0.782. The van der Waals surface area contributed by atoms with Gasteiger partial charge in [0.15, 0.2) is 0 Å². The van der Waals surface area contributed by atoms with Gasteiger partial charge < -0.3 is 15.3 Å². The van der Waals surface area contributed by atoms with Gasteiger partial charge >= 0.3 is 5.97 Å². The molecule has 0 radical (unpaired) electrons. The van der Waals surface area contributed by atoms with E-state index in [4.69, 9.17) is 0 Å². The standard InChI is InChI=1S/C18H20N2O4S/c21-15-5-7-25-14-4-3-11(8-13(14)19-15)16(22)20-9-12-2-1-6-18(12,10-20)17(23)24/h3-4,8,12H,1-2,5-7,9-10H2,(H,19,21)(H,23,24)/t12-,18+/m0/s1. The van der Waals surface area contributed by atoms with Crippen molar-refractivity contribution in [2.24, 2.45) is 11.3 Å². The van der Waals surface area contributed by atoms with Crippen molar-refractivity contribution in [1.82, 2.24) is 4.90 Å². The predicted molar refractivity (Wildman–Crippen MR) is 93.7 cm³/mol. The van der Waals surface area contributed by atoms with Crippen LogP contribution >= 0.6 is 11.8 Å². The van der Waals surface area contributed by atoms with Gasteiger partial charge in [-0.2, -0.15) is 0 Å². The lowest BCUT2D eigenvalue weighted by Crippen LogP contribution is -2.37. The molecule has 2 heterocycles. The van der Waals surface area contributed by atoms with Crippen molar-refractivity contribution in [3.05, 3.63) is 23.8 Å². The second kappa shape index (κ2) is 6.05. The number of anilines is 1. The Bertz CT molecular complexity index is 765. The van der Waals surface area contributed by atoms with Crippen molar-refractivity contribution in [3.8, 4) is 0 Å². The monoisotopic (exact) mass is 360 g/mol. The Labute approximate surface area is 150 Å². The van der Waals surface area contributed by atoms with Crippen molar-refractivity contribution in [2.45, 2.75) is 30.6 Å². The Morgan fingerprint density at radius 3 is 2.96 bits per heavy atom. The number of carbonyl (C=O) groups is 3. The smallest absolute Gasteiger partial charge is 0.311 e. The maximum Gasteiger partial charge on any atom is 0.311 e. The highest BCUT2D eigenvalue weighted by Crippen LogP contribution is 2.49. The molecule has 2 fully saturated rings. The molecular weight excluding hydrogens is 340 g/mol. The van der Waals surface area contributed by atoms with Crippen molar-refractivity contribution in [2.75, 3.05) is 24.2 Å². The summed E-state index contributed by atoms with van der Waals surface area (Å²) in [5.41, 5.74) is 0.401. The summed E-state index contributed by atoms with van der Waals surface area (Å²) >= 11 is 1.60. The van der Waals surface area contributed by atoms with Crippen LogP contribution in [0.5, 0.6) is 0 Å². The number of thioether (sulfide) groups is 1. The number of hydrogen-bond donors (Lipinski definition) is 2. The number of nitrogens with one attached hydrogen (secondary N) is 1. The number of likely N-dealkylation sites (tertiary alicyclic amines) is 1. The first-order valence-corrected chi connectivity index (χ1v) is 9.57. The highest BCUT2D eigenvalue weighted by atomic mass is 32.2. The number of amides is 2. The van der Waals surface area contributed by atoms with Crippen molar-refractivity contribution < 1.29 is 19.5 Å². The van der Waals surface area contributed by atoms with Gasteiger partial charge in [0.25, 0.3) is 5.91 Å². The highest BCUT2D eigenvalue weighted by Gasteiger charge is 2.55. The van der Waals surface area contributed by atoms with Gasteiger partial charge in [-0.25, -0.2) is 0 Å². The molecule has 1 aliphatic carbocycles. The summed E-state index contributed by atoms with van der Waals surface area (Å²) < 4.78 is 0. The van der Waals surface area contributed by atoms with Crippen molar-refractivity contribution >= 4 is 35.2 Å². The van der Waals surface area contributed by atoms with Gasteiger partial charge in [0.2, 0.25) is 5.91 Å². The topological polar surface area (TPSA) is 86.7 Å². The number of rotatable bonds is 2. The van der Waals surface area contributed by atoms with E-state index in [-0.39, 0.29) is 24.3 Å². The lowest BCUT2D eigenvalue weighted by molar-refractivity contribution is -0.149. The molecule has 0 unspecified atom stereocenters. The van der Waals surface area contributed by atoms with Crippen molar-refractivity contribution in [1.29, 1.82) is 0 Å². The Morgan fingerprint density at radius 2 is 2.20 bits per heavy atom. The third-order valence-corrected chi connectivity index (χ3v) is 6.75. The Morgan fingerprint density at radius 1 is 1.36 bits per heavy atom. The van der Waals surface area contributed by atoms with E-state index in [0.29, 0.717) is 30.6 Å². The maximum atomic E-state index is 12.9. The Kier molecular flexibility index (Phi) is 3.98. The fourth-order valence-corrected chi connectivity index (χ4v) is 5.27. The molecule has 0 aromatic heterocycles. The van der Waals surface area contributed by atoms with Gasteiger partial charge in [-0.3, -0.25) is 14.4 Å². The highest BCUT2D eigenvalue weighted by molar-refractivity contribution is 7.99. The number of carbonyl (C=O) groups excluding carboxylic acids is 2. The van der Waals surface area contributed by atoms with Gasteiger partial charge in [0, 0.05) is 35.7 Å². The van der Waals surface area contributed by atoms with Crippen LogP contribution in [0.2, 0.25) is 0 Å². The van der Waals surface area contributed by atoms with E-state index >= 15 is 0 Å². The number of benzene rings is 1. The van der Waals surface area contributed by atoms with Gasteiger partial charge in [-0.1, -0.05) is 6.42 Å². The average molecular weight is 360 g/mol. The Hall–Kier alpha value is -2.02. The number of aliphatic carboxylic acids is 1. The van der Waals surface area contributed by atoms with Crippen molar-refractivity contribution in [3.63, 3.8) is 0 Å². The molecule has 2 atom stereocenters. The number of fused-ring (bicyclic) bond motifs is 2. The quantitative estimate of drug-likeness (QED) is 0.846. The van der Waals surface area contributed by atoms with E-state index < -0.39 is 11.4 Å². The molecular formula is C18H20N2O4S. The number of carboxylic acid groups (broad SMARTS) is 1. The van der Waals surface area contributed by atoms with E-state index in [1.807, 2.05) is 6.07 Å². The van der Waals surface area contributed by atoms with E-state index in [0.717, 1.165) is 23.5 Å². The second-order valence-electron chi connectivity index (χ2n) is 7.09. The number of carboxylic acids is 1. The van der Waals surface area contributed by atoms with Crippen LogP contribution in [0, 0.1) is 11.3 Å². The number of hydrogen-bond acceptors (Lipinski definition) is 4. The van der Waals surface area contributed by atoms with Crippen LogP contribution in [-0.4, -0.2) is 46.6 Å². The van der Waals surface area contributed by atoms with E-state index in [2.05, 4.69) is 5.32 Å². The summed E-state index contributed by atoms with van der Waals surface area (Å²) in [6, 6.07) is 5.35. The van der Waals surface area contributed by atoms with Crippen LogP contribution in [-0.2, 0) is 9.59 Å². The zero-order valence-corrected chi connectivity index (χ0v) is 14.6. The second-order valence-corrected chi connectivity index (χ2v) is 8.23. The minimum absolute atomic E-state index is 0.0450. The molecule has 3 aliphatic rings. The first-order valence-electron chi connectivity index (χ1n) is 8.59. The summed E-state index contributed by atoms with van der Waals surface area (Å²) in [6.07, 6.45) is 2.89. The summed E-state index contributed by atoms with van der Waals surface area (Å²) in [6.45, 7) is 0.785. The predicted octanol–water partition coefficient (Wildman–Crippen LogP) is 2.45. The Balaban J connectivity index is 1.58. The summed E-state index contributed by atoms with van der Waals surface area (Å²) in [7, 11) is 0. The number of nitrogens with zero attached hydrogens (tertiary/aromatic N) is 1. The molecule has 1 aromatic carbocycles. The largest absolute Gasteiger partial charge is 0.481 e. The average Bonchev–Trinajstić information content (AvgIpc) is 3.07. The molecule has 7 heteroatoms. The zero-order valence-electron chi connectivity index (χ0n) is 13.8. The molecule has 6 nitrogen and oxygen atoms in total. The van der Waals surface area contributed by atoms with Crippen LogP contribution in [0.15, 0.2) is 23.1 Å². The van der Waals surface area contributed by atoms with Gasteiger partial charge in [0.05, 0.1) is 11.1 Å². The van der Waals surface area contributed by atoms with E-state index in [1.54, 1.807) is 28.8 Å². The molecule has 1 saturated heterocycles. The first kappa shape index (κ1) is 16.4. The van der Waals surface area contributed by atoms with Crippen LogP contribution in [0.4, 0.5) is 5.69 Å². The molecule has 25 heavy (non-hydrogen) atoms. The first-order chi connectivity index (χ1) is 12.0. The minimum Gasteiger partial charge on any atom is -0.481 e. The zero-order chi connectivity index (χ0) is 17.6. The molecule has 2 N–H and O–H groups in total. The molecule has 4 rings (SSSR count). The maximum absolute atomic E-state index is 12.9. The van der Waals surface area contributed by atoms with Gasteiger partial charge in [0.1, 0.15) is 0 Å². The fourth-order valence-electron chi connectivity index (χ4n) is 4.33. The molecule has 0 spiro atoms. The molecule has 0 bridgehead atoms. The lowest BCUT2D eigenvalue weighted by atomic mass is 9.81. The molecule has 132 valence electrons. The van der Waals surface area contributed by atoms with Gasteiger partial charge in [-0.05, 0) is 37.0 Å². The van der Waals surface area contributed by atoms with Crippen LogP contribution < -0.4 is 5.32 Å². The third-order valence-electron chi connectivity index (χ3n) is 5.67. The summed E-state index contributed by atoms with van der Waals surface area (Å²) in [5, 5.41) is 12.5. The molecule has 2 amide bonds. The fraction of sp³-hybridized carbons (Fsp3) is 0.500. The molecule has 2 aliphatic heterocycles.